The van der Waals surface area contributed by atoms with E-state index in [2.05, 4.69) is 51.8 Å². The first-order valence-electron chi connectivity index (χ1n) is 7.89. The molecule has 2 atom stereocenters. The third kappa shape index (κ3) is 4.89. The maximum atomic E-state index is 3.57. The summed E-state index contributed by atoms with van der Waals surface area (Å²) < 4.78 is 0. The predicted octanol–water partition coefficient (Wildman–Crippen LogP) is 3.38. The van der Waals surface area contributed by atoms with Crippen molar-refractivity contribution in [3.63, 3.8) is 0 Å². The SMILES string of the molecule is CC(C)NCC(C)C(C)N1CCC(C(C)C)CC1. The zero-order valence-electron chi connectivity index (χ0n) is 13.4. The van der Waals surface area contributed by atoms with Gasteiger partial charge in [-0.3, -0.25) is 0 Å². The lowest BCUT2D eigenvalue weighted by Crippen LogP contribution is -2.46. The Balaban J connectivity index is 2.32. The normalized spacial score (nSPS) is 22.7. The summed E-state index contributed by atoms with van der Waals surface area (Å²) in [6, 6.07) is 1.32. The molecule has 0 radical (unpaired) electrons. The topological polar surface area (TPSA) is 15.3 Å². The Labute approximate surface area is 115 Å². The number of likely N-dealkylation sites (tertiary alicyclic amines) is 1. The lowest BCUT2D eigenvalue weighted by molar-refractivity contribution is 0.0947. The monoisotopic (exact) mass is 254 g/mol. The van der Waals surface area contributed by atoms with E-state index in [1.807, 2.05) is 0 Å². The molecule has 0 amide bonds. The van der Waals surface area contributed by atoms with E-state index >= 15 is 0 Å². The van der Waals surface area contributed by atoms with Crippen molar-refractivity contribution in [3.8, 4) is 0 Å². The first kappa shape index (κ1) is 16.0. The molecule has 0 bridgehead atoms. The van der Waals surface area contributed by atoms with Crippen LogP contribution in [0, 0.1) is 17.8 Å². The molecule has 1 heterocycles. The van der Waals surface area contributed by atoms with Crippen molar-refractivity contribution in [1.82, 2.24) is 10.2 Å². The highest BCUT2D eigenvalue weighted by Crippen LogP contribution is 2.26. The Morgan fingerprint density at radius 2 is 1.56 bits per heavy atom. The van der Waals surface area contributed by atoms with Crippen LogP contribution in [-0.2, 0) is 0 Å². The Hall–Kier alpha value is -0.0800. The van der Waals surface area contributed by atoms with Crippen molar-refractivity contribution >= 4 is 0 Å². The third-order valence-electron chi connectivity index (χ3n) is 4.76. The van der Waals surface area contributed by atoms with Crippen molar-refractivity contribution in [1.29, 1.82) is 0 Å². The number of nitrogens with zero attached hydrogens (tertiary/aromatic N) is 1. The Bertz CT molecular complexity index is 217. The van der Waals surface area contributed by atoms with Gasteiger partial charge in [-0.15, -0.1) is 0 Å². The number of nitrogens with one attached hydrogen (secondary N) is 1. The Morgan fingerprint density at radius 3 is 2.00 bits per heavy atom. The van der Waals surface area contributed by atoms with Gasteiger partial charge in [-0.2, -0.15) is 0 Å². The van der Waals surface area contributed by atoms with Crippen LogP contribution in [0.1, 0.15) is 54.4 Å². The summed E-state index contributed by atoms with van der Waals surface area (Å²) in [6.07, 6.45) is 2.79. The minimum Gasteiger partial charge on any atom is -0.314 e. The van der Waals surface area contributed by atoms with E-state index in [0.717, 1.165) is 24.3 Å². The predicted molar refractivity (Wildman–Crippen MR) is 80.9 cm³/mol. The lowest BCUT2D eigenvalue weighted by Gasteiger charge is -2.40. The molecule has 0 spiro atoms. The number of rotatable bonds is 6. The van der Waals surface area contributed by atoms with E-state index in [1.165, 1.54) is 25.9 Å². The molecule has 1 aliphatic rings. The molecular formula is C16H34N2. The van der Waals surface area contributed by atoms with Crippen LogP contribution in [0.25, 0.3) is 0 Å². The molecule has 0 saturated carbocycles. The average Bonchev–Trinajstić information content (AvgIpc) is 2.35. The van der Waals surface area contributed by atoms with Crippen molar-refractivity contribution in [2.24, 2.45) is 17.8 Å². The van der Waals surface area contributed by atoms with Crippen molar-refractivity contribution in [2.75, 3.05) is 19.6 Å². The van der Waals surface area contributed by atoms with Gasteiger partial charge in [0.15, 0.2) is 0 Å². The van der Waals surface area contributed by atoms with E-state index in [4.69, 9.17) is 0 Å². The van der Waals surface area contributed by atoms with Gasteiger partial charge in [0.05, 0.1) is 0 Å². The largest absolute Gasteiger partial charge is 0.314 e. The van der Waals surface area contributed by atoms with Crippen LogP contribution < -0.4 is 5.32 Å². The summed E-state index contributed by atoms with van der Waals surface area (Å²) in [5, 5.41) is 3.57. The van der Waals surface area contributed by atoms with Gasteiger partial charge >= 0.3 is 0 Å². The van der Waals surface area contributed by atoms with Crippen LogP contribution in [0.3, 0.4) is 0 Å². The highest BCUT2D eigenvalue weighted by atomic mass is 15.2. The molecule has 2 heteroatoms. The molecule has 0 aromatic carbocycles. The van der Waals surface area contributed by atoms with Gasteiger partial charge < -0.3 is 10.2 Å². The number of hydrogen-bond donors (Lipinski definition) is 1. The average molecular weight is 254 g/mol. The number of piperidine rings is 1. The fraction of sp³-hybridized carbons (Fsp3) is 1.00. The summed E-state index contributed by atoms with van der Waals surface area (Å²) >= 11 is 0. The molecule has 2 nitrogen and oxygen atoms in total. The molecule has 18 heavy (non-hydrogen) atoms. The van der Waals surface area contributed by atoms with E-state index in [0.29, 0.717) is 12.1 Å². The second-order valence-corrected chi connectivity index (χ2v) is 6.90. The lowest BCUT2D eigenvalue weighted by atomic mass is 9.85. The molecule has 1 aliphatic heterocycles. The van der Waals surface area contributed by atoms with Crippen LogP contribution in [0.5, 0.6) is 0 Å². The van der Waals surface area contributed by atoms with Crippen LogP contribution in [0.15, 0.2) is 0 Å². The van der Waals surface area contributed by atoms with Crippen molar-refractivity contribution in [2.45, 2.75) is 66.5 Å². The molecule has 1 rings (SSSR count). The standard InChI is InChI=1S/C16H34N2/c1-12(2)16-7-9-18(10-8-16)15(6)14(5)11-17-13(3)4/h12-17H,7-11H2,1-6H3. The molecule has 1 fully saturated rings. The molecule has 1 saturated heterocycles. The second-order valence-electron chi connectivity index (χ2n) is 6.90. The quantitative estimate of drug-likeness (QED) is 0.782. The minimum atomic E-state index is 0.603. The van der Waals surface area contributed by atoms with E-state index in [1.54, 1.807) is 0 Å². The smallest absolute Gasteiger partial charge is 0.0105 e. The fourth-order valence-corrected chi connectivity index (χ4v) is 2.95. The van der Waals surface area contributed by atoms with Crippen molar-refractivity contribution in [3.05, 3.63) is 0 Å². The third-order valence-corrected chi connectivity index (χ3v) is 4.76. The zero-order chi connectivity index (χ0) is 13.7. The van der Waals surface area contributed by atoms with Gasteiger partial charge in [0.2, 0.25) is 0 Å². The van der Waals surface area contributed by atoms with Gasteiger partial charge in [0, 0.05) is 12.1 Å². The van der Waals surface area contributed by atoms with Crippen LogP contribution in [0.2, 0.25) is 0 Å². The molecule has 0 aromatic rings. The molecule has 0 aliphatic carbocycles. The Kier molecular flexibility index (Phi) is 6.65. The van der Waals surface area contributed by atoms with Gasteiger partial charge in [-0.05, 0) is 57.2 Å². The highest BCUT2D eigenvalue weighted by Gasteiger charge is 2.26. The van der Waals surface area contributed by atoms with Gasteiger partial charge in [-0.1, -0.05) is 34.6 Å². The summed E-state index contributed by atoms with van der Waals surface area (Å²) in [5.74, 6) is 2.56. The molecule has 1 N–H and O–H groups in total. The first-order chi connectivity index (χ1) is 8.41. The van der Waals surface area contributed by atoms with Crippen LogP contribution >= 0.6 is 0 Å². The van der Waals surface area contributed by atoms with Crippen molar-refractivity contribution < 1.29 is 0 Å². The second kappa shape index (κ2) is 7.49. The highest BCUT2D eigenvalue weighted by molar-refractivity contribution is 4.81. The van der Waals surface area contributed by atoms with E-state index in [9.17, 15) is 0 Å². The van der Waals surface area contributed by atoms with Crippen LogP contribution in [0.4, 0.5) is 0 Å². The van der Waals surface area contributed by atoms with E-state index in [-0.39, 0.29) is 0 Å². The maximum absolute atomic E-state index is 3.57. The van der Waals surface area contributed by atoms with Gasteiger partial charge in [0.25, 0.3) is 0 Å². The summed E-state index contributed by atoms with van der Waals surface area (Å²) in [6.45, 7) is 17.7. The molecule has 0 aromatic heterocycles. The summed E-state index contributed by atoms with van der Waals surface area (Å²) in [5.41, 5.74) is 0. The van der Waals surface area contributed by atoms with Gasteiger partial charge in [-0.25, -0.2) is 0 Å². The summed E-state index contributed by atoms with van der Waals surface area (Å²) in [7, 11) is 0. The fourth-order valence-electron chi connectivity index (χ4n) is 2.95. The maximum Gasteiger partial charge on any atom is 0.0105 e. The Morgan fingerprint density at radius 1 is 1.00 bits per heavy atom. The molecular weight excluding hydrogens is 220 g/mol. The number of hydrogen-bond acceptors (Lipinski definition) is 2. The molecule has 2 unspecified atom stereocenters. The van der Waals surface area contributed by atoms with Crippen LogP contribution in [-0.4, -0.2) is 36.6 Å². The van der Waals surface area contributed by atoms with Gasteiger partial charge in [0.1, 0.15) is 0 Å². The zero-order valence-corrected chi connectivity index (χ0v) is 13.4. The molecule has 108 valence electrons. The minimum absolute atomic E-state index is 0.603. The van der Waals surface area contributed by atoms with E-state index < -0.39 is 0 Å². The first-order valence-corrected chi connectivity index (χ1v) is 7.89. The summed E-state index contributed by atoms with van der Waals surface area (Å²) in [4.78, 5) is 2.70.